The topological polar surface area (TPSA) is 134 Å². The second-order valence-electron chi connectivity index (χ2n) is 10.2. The zero-order chi connectivity index (χ0) is 28.8. The lowest BCUT2D eigenvalue weighted by atomic mass is 9.99. The number of carbonyl (C=O) groups is 2. The summed E-state index contributed by atoms with van der Waals surface area (Å²) in [6, 6.07) is 16.3. The van der Waals surface area contributed by atoms with E-state index in [1.807, 2.05) is 68.4 Å². The van der Waals surface area contributed by atoms with Gasteiger partial charge in [0.2, 0.25) is 11.8 Å². The van der Waals surface area contributed by atoms with Gasteiger partial charge in [-0.2, -0.15) is 0 Å². The van der Waals surface area contributed by atoms with Crippen molar-refractivity contribution in [1.29, 1.82) is 0 Å². The number of rotatable bonds is 17. The van der Waals surface area contributed by atoms with Crippen LogP contribution in [-0.2, 0) is 32.4 Å². The summed E-state index contributed by atoms with van der Waals surface area (Å²) in [5.74, 6) is -1.62. The van der Waals surface area contributed by atoms with Crippen LogP contribution in [0.1, 0.15) is 37.8 Å². The molecule has 0 aliphatic rings. The van der Waals surface area contributed by atoms with Crippen molar-refractivity contribution in [3.8, 4) is 5.75 Å². The van der Waals surface area contributed by atoms with Gasteiger partial charge in [-0.05, 0) is 42.0 Å². The summed E-state index contributed by atoms with van der Waals surface area (Å²) in [4.78, 5) is 25.5. The van der Waals surface area contributed by atoms with E-state index in [2.05, 4.69) is 16.0 Å². The van der Waals surface area contributed by atoms with Crippen molar-refractivity contribution in [1.82, 2.24) is 16.0 Å². The molecule has 4 N–H and O–H groups in total. The molecule has 2 aromatic rings. The van der Waals surface area contributed by atoms with Gasteiger partial charge >= 0.3 is 0 Å². The molecular weight excluding hydrogens is 518 g/mol. The Bertz CT molecular complexity index is 1140. The monoisotopic (exact) mass is 561 g/mol. The molecule has 0 heterocycles. The molecule has 0 radical (unpaired) electrons. The summed E-state index contributed by atoms with van der Waals surface area (Å²) < 4.78 is 30.8. The summed E-state index contributed by atoms with van der Waals surface area (Å²) >= 11 is 0. The molecule has 3 atom stereocenters. The van der Waals surface area contributed by atoms with Crippen LogP contribution in [0.25, 0.3) is 0 Å². The fourth-order valence-corrected chi connectivity index (χ4v) is 5.98. The van der Waals surface area contributed by atoms with Crippen LogP contribution in [0.2, 0.25) is 0 Å². The smallest absolute Gasteiger partial charge is 0.224 e. The number of hydrogen-bond donors (Lipinski definition) is 4. The molecule has 0 aromatic heterocycles. The average Bonchev–Trinajstić information content (AvgIpc) is 2.91. The molecule has 39 heavy (non-hydrogen) atoms. The van der Waals surface area contributed by atoms with E-state index in [0.29, 0.717) is 19.4 Å². The highest BCUT2D eigenvalue weighted by Gasteiger charge is 2.31. The maximum atomic E-state index is 13.4. The maximum Gasteiger partial charge on any atom is 0.224 e. The summed E-state index contributed by atoms with van der Waals surface area (Å²) in [6.45, 7) is 4.53. The maximum absolute atomic E-state index is 13.4. The number of carbonyl (C=O) groups excluding carboxylic acids is 2. The highest BCUT2D eigenvalue weighted by Crippen LogP contribution is 2.15. The highest BCUT2D eigenvalue weighted by atomic mass is 32.2. The number of aliphatic hydroxyl groups excluding tert-OH is 1. The first-order chi connectivity index (χ1) is 18.5. The number of aliphatic hydroxyl groups is 1. The normalized spacial score (nSPS) is 13.9. The standard InChI is InChI=1S/C29H43N3O6S/c1-21(2)13-14-39(36,37)20-24(17-28(34)30-3)29(35)32-26(16-22-9-6-5-7-10-22)27(33)19-31-18-23-11-8-12-25(15-23)38-4/h5-12,15,21,24,26-27,31,33H,13-14,16-20H2,1-4H3,(H,30,34)(H,32,35)/t24?,26-,27+/m0/s1. The molecule has 2 aromatic carbocycles. The van der Waals surface area contributed by atoms with Gasteiger partial charge < -0.3 is 25.8 Å². The number of ether oxygens (including phenoxy) is 1. The third-order valence-electron chi connectivity index (χ3n) is 6.45. The summed E-state index contributed by atoms with van der Waals surface area (Å²) in [7, 11) is -0.524. The van der Waals surface area contributed by atoms with Gasteiger partial charge in [0, 0.05) is 26.6 Å². The van der Waals surface area contributed by atoms with E-state index in [4.69, 9.17) is 4.74 Å². The van der Waals surface area contributed by atoms with Crippen LogP contribution in [-0.4, -0.2) is 69.7 Å². The Morgan fingerprint density at radius 1 is 1.03 bits per heavy atom. The van der Waals surface area contributed by atoms with Crippen molar-refractivity contribution in [2.24, 2.45) is 11.8 Å². The van der Waals surface area contributed by atoms with E-state index in [-0.39, 0.29) is 24.6 Å². The Morgan fingerprint density at radius 3 is 2.36 bits per heavy atom. The van der Waals surface area contributed by atoms with Crippen molar-refractivity contribution >= 4 is 21.7 Å². The van der Waals surface area contributed by atoms with Crippen LogP contribution in [0.5, 0.6) is 5.75 Å². The Morgan fingerprint density at radius 2 is 1.72 bits per heavy atom. The Kier molecular flexibility index (Phi) is 13.4. The lowest BCUT2D eigenvalue weighted by Gasteiger charge is -2.27. The Balaban J connectivity index is 2.15. The molecule has 0 fully saturated rings. The zero-order valence-electron chi connectivity index (χ0n) is 23.4. The van der Waals surface area contributed by atoms with Crippen molar-refractivity contribution in [2.75, 3.05) is 32.2 Å². The summed E-state index contributed by atoms with van der Waals surface area (Å²) in [5, 5.41) is 19.6. The third kappa shape index (κ3) is 12.2. The van der Waals surface area contributed by atoms with Crippen LogP contribution >= 0.6 is 0 Å². The minimum Gasteiger partial charge on any atom is -0.497 e. The average molecular weight is 562 g/mol. The molecule has 0 spiro atoms. The van der Waals surface area contributed by atoms with E-state index >= 15 is 0 Å². The fourth-order valence-electron chi connectivity index (χ4n) is 4.10. The third-order valence-corrected chi connectivity index (χ3v) is 8.22. The van der Waals surface area contributed by atoms with Crippen LogP contribution < -0.4 is 20.7 Å². The number of amides is 2. The zero-order valence-corrected chi connectivity index (χ0v) is 24.2. The lowest BCUT2D eigenvalue weighted by Crippen LogP contribution is -2.51. The van der Waals surface area contributed by atoms with Crippen LogP contribution in [0.4, 0.5) is 0 Å². The molecule has 216 valence electrons. The van der Waals surface area contributed by atoms with Crippen molar-refractivity contribution < 1.29 is 27.9 Å². The van der Waals surface area contributed by atoms with Crippen molar-refractivity contribution in [3.05, 3.63) is 65.7 Å². The van der Waals surface area contributed by atoms with E-state index in [9.17, 15) is 23.1 Å². The van der Waals surface area contributed by atoms with Crippen LogP contribution in [0.15, 0.2) is 54.6 Å². The van der Waals surface area contributed by atoms with E-state index in [0.717, 1.165) is 16.9 Å². The predicted molar refractivity (Wildman–Crippen MR) is 153 cm³/mol. The first kappa shape index (κ1) is 32.3. The number of hydrogen-bond acceptors (Lipinski definition) is 7. The fraction of sp³-hybridized carbons (Fsp3) is 0.517. The number of nitrogens with one attached hydrogen (secondary N) is 3. The van der Waals surface area contributed by atoms with Gasteiger partial charge in [-0.25, -0.2) is 8.42 Å². The lowest BCUT2D eigenvalue weighted by molar-refractivity contribution is -0.130. The summed E-state index contributed by atoms with van der Waals surface area (Å²) in [6.07, 6.45) is -0.421. The number of benzene rings is 2. The first-order valence-corrected chi connectivity index (χ1v) is 15.1. The minimum absolute atomic E-state index is 0.0492. The predicted octanol–water partition coefficient (Wildman–Crippen LogP) is 2.09. The molecule has 2 amide bonds. The Labute approximate surface area is 232 Å². The van der Waals surface area contributed by atoms with E-state index in [1.165, 1.54) is 7.05 Å². The molecule has 1 unspecified atom stereocenters. The summed E-state index contributed by atoms with van der Waals surface area (Å²) in [5.41, 5.74) is 1.88. The molecule has 0 bridgehead atoms. The second kappa shape index (κ2) is 16.2. The highest BCUT2D eigenvalue weighted by molar-refractivity contribution is 7.91. The van der Waals surface area contributed by atoms with Gasteiger partial charge in [0.25, 0.3) is 0 Å². The second-order valence-corrected chi connectivity index (χ2v) is 12.5. The van der Waals surface area contributed by atoms with Crippen LogP contribution in [0, 0.1) is 11.8 Å². The van der Waals surface area contributed by atoms with Gasteiger partial charge in [0.05, 0.1) is 36.7 Å². The first-order valence-electron chi connectivity index (χ1n) is 13.3. The molecule has 0 aliphatic heterocycles. The molecule has 0 saturated carbocycles. The van der Waals surface area contributed by atoms with Gasteiger partial charge in [-0.3, -0.25) is 9.59 Å². The molecular formula is C29H43N3O6S. The SMILES string of the molecule is CNC(=O)CC(CS(=O)(=O)CCC(C)C)C(=O)N[C@@H](Cc1ccccc1)[C@H](O)CNCc1cccc(OC)c1. The van der Waals surface area contributed by atoms with Gasteiger partial charge in [0.15, 0.2) is 9.84 Å². The van der Waals surface area contributed by atoms with Crippen molar-refractivity contribution in [2.45, 2.75) is 51.8 Å². The molecule has 9 nitrogen and oxygen atoms in total. The van der Waals surface area contributed by atoms with Gasteiger partial charge in [-0.15, -0.1) is 0 Å². The largest absolute Gasteiger partial charge is 0.497 e. The number of sulfone groups is 1. The number of methoxy groups -OCH3 is 1. The van der Waals surface area contributed by atoms with Gasteiger partial charge in [-0.1, -0.05) is 56.3 Å². The minimum atomic E-state index is -3.57. The van der Waals surface area contributed by atoms with E-state index in [1.54, 1.807) is 7.11 Å². The van der Waals surface area contributed by atoms with E-state index < -0.39 is 45.5 Å². The van der Waals surface area contributed by atoms with Gasteiger partial charge in [0.1, 0.15) is 5.75 Å². The van der Waals surface area contributed by atoms with Crippen molar-refractivity contribution in [3.63, 3.8) is 0 Å². The van der Waals surface area contributed by atoms with Crippen LogP contribution in [0.3, 0.4) is 0 Å². The molecule has 10 heteroatoms. The Hall–Kier alpha value is -2.95. The molecule has 2 rings (SSSR count). The molecule has 0 aliphatic carbocycles. The molecule has 0 saturated heterocycles. The quantitative estimate of drug-likeness (QED) is 0.232.